The van der Waals surface area contributed by atoms with Gasteiger partial charge in [0.25, 0.3) is 5.69 Å². The third-order valence-corrected chi connectivity index (χ3v) is 5.64. The molecule has 1 aliphatic rings. The number of hydrogen-bond acceptors (Lipinski definition) is 8. The molecule has 1 saturated heterocycles. The molecule has 1 aromatic carbocycles. The molecule has 150 valence electrons. The number of hydrogen-bond donors (Lipinski definition) is 1. The summed E-state index contributed by atoms with van der Waals surface area (Å²) in [6.45, 7) is 0.454. The fourth-order valence-corrected chi connectivity index (χ4v) is 4.14. The van der Waals surface area contributed by atoms with Crippen LogP contribution in [-0.2, 0) is 16.1 Å². The summed E-state index contributed by atoms with van der Waals surface area (Å²) in [5.41, 5.74) is 0.623. The van der Waals surface area contributed by atoms with Crippen molar-refractivity contribution in [3.05, 3.63) is 39.9 Å². The lowest BCUT2D eigenvalue weighted by molar-refractivity contribution is -0.384. The molecule has 0 bridgehead atoms. The van der Waals surface area contributed by atoms with Gasteiger partial charge in [0, 0.05) is 42.8 Å². The topological polar surface area (TPSA) is 117 Å². The number of rotatable bonds is 7. The van der Waals surface area contributed by atoms with Gasteiger partial charge < -0.3 is 9.64 Å². The number of likely N-dealkylation sites (tertiary alicyclic amines) is 1. The summed E-state index contributed by atoms with van der Waals surface area (Å²) in [6, 6.07) is 5.69. The number of nitro groups is 1. The first-order valence-electron chi connectivity index (χ1n) is 8.40. The van der Waals surface area contributed by atoms with E-state index in [1.807, 2.05) is 0 Å². The summed E-state index contributed by atoms with van der Waals surface area (Å²) in [7, 11) is 1.41. The Balaban J connectivity index is 1.85. The summed E-state index contributed by atoms with van der Waals surface area (Å²) < 4.78 is 5.33. The Kier molecular flexibility index (Phi) is 7.95. The van der Waals surface area contributed by atoms with E-state index in [1.54, 1.807) is 23.2 Å². The summed E-state index contributed by atoms with van der Waals surface area (Å²) in [5.74, 6) is 0.401. The molecule has 2 amide bonds. The minimum Gasteiger partial charge on any atom is -0.445 e. The second kappa shape index (κ2) is 10.2. The number of thioether (sulfide) groups is 1. The van der Waals surface area contributed by atoms with Crippen LogP contribution in [-0.4, -0.2) is 63.1 Å². The number of carbonyl (C=O) groups excluding carboxylic acids is 2. The molecule has 0 aromatic heterocycles. The number of nitrogens with zero attached hydrogens (tertiary/aromatic N) is 4. The molecule has 9 nitrogen and oxygen atoms in total. The lowest BCUT2D eigenvalue weighted by Crippen LogP contribution is -2.38. The monoisotopic (exact) mass is 424 g/mol. The van der Waals surface area contributed by atoms with E-state index in [0.717, 1.165) is 4.90 Å². The van der Waals surface area contributed by atoms with Crippen LogP contribution in [0.5, 0.6) is 0 Å². The standard InChI is InChI=1S/C17H20N4O5S2/c1-19(11-18)16(22)10-28-9-14-6-15(27)7-20(14)17(23)26-8-12-2-4-13(5-3-12)21(24)25/h2-5,14-15,27H,6-10H2,1H3. The fraction of sp³-hybridized carbons (Fsp3) is 0.471. The Labute approximate surface area is 172 Å². The summed E-state index contributed by atoms with van der Waals surface area (Å²) >= 11 is 5.80. The highest BCUT2D eigenvalue weighted by Crippen LogP contribution is 2.26. The number of nitro benzene ring substituents is 1. The van der Waals surface area contributed by atoms with Gasteiger partial charge in [0.15, 0.2) is 6.19 Å². The smallest absolute Gasteiger partial charge is 0.410 e. The Morgan fingerprint density at radius 2 is 2.14 bits per heavy atom. The van der Waals surface area contributed by atoms with Gasteiger partial charge in [-0.15, -0.1) is 11.8 Å². The average molecular weight is 425 g/mol. The molecule has 0 saturated carbocycles. The van der Waals surface area contributed by atoms with Crippen molar-refractivity contribution >= 4 is 42.1 Å². The molecular weight excluding hydrogens is 404 g/mol. The molecule has 0 radical (unpaired) electrons. The van der Waals surface area contributed by atoms with E-state index in [4.69, 9.17) is 10.00 Å². The molecule has 2 atom stereocenters. The number of thiol groups is 1. The van der Waals surface area contributed by atoms with Crippen molar-refractivity contribution in [2.45, 2.75) is 24.3 Å². The van der Waals surface area contributed by atoms with Crippen LogP contribution >= 0.6 is 24.4 Å². The van der Waals surface area contributed by atoms with Gasteiger partial charge in [-0.1, -0.05) is 0 Å². The van der Waals surface area contributed by atoms with Crippen molar-refractivity contribution in [2.75, 3.05) is 25.1 Å². The van der Waals surface area contributed by atoms with Gasteiger partial charge >= 0.3 is 6.09 Å². The van der Waals surface area contributed by atoms with Crippen LogP contribution < -0.4 is 0 Å². The molecule has 1 aromatic rings. The number of ether oxygens (including phenoxy) is 1. The Morgan fingerprint density at radius 3 is 2.75 bits per heavy atom. The zero-order chi connectivity index (χ0) is 20.7. The Bertz CT molecular complexity index is 768. The molecule has 1 heterocycles. The van der Waals surface area contributed by atoms with Crippen LogP contribution in [0.1, 0.15) is 12.0 Å². The maximum Gasteiger partial charge on any atom is 0.410 e. The first kappa shape index (κ1) is 21.8. The van der Waals surface area contributed by atoms with Crippen LogP contribution in [0.2, 0.25) is 0 Å². The van der Waals surface area contributed by atoms with Crippen LogP contribution in [0.15, 0.2) is 24.3 Å². The number of carbonyl (C=O) groups is 2. The molecule has 1 aliphatic heterocycles. The Hall–Kier alpha value is -2.45. The summed E-state index contributed by atoms with van der Waals surface area (Å²) in [6.07, 6.45) is 1.96. The van der Waals surface area contributed by atoms with Crippen molar-refractivity contribution in [2.24, 2.45) is 0 Å². The largest absolute Gasteiger partial charge is 0.445 e. The maximum absolute atomic E-state index is 12.4. The highest BCUT2D eigenvalue weighted by atomic mass is 32.2. The predicted molar refractivity (Wildman–Crippen MR) is 107 cm³/mol. The molecule has 2 rings (SSSR count). The number of benzene rings is 1. The normalized spacial score (nSPS) is 18.4. The second-order valence-electron chi connectivity index (χ2n) is 6.24. The van der Waals surface area contributed by atoms with Crippen molar-refractivity contribution < 1.29 is 19.2 Å². The van der Waals surface area contributed by atoms with Crippen LogP contribution in [0.25, 0.3) is 0 Å². The van der Waals surface area contributed by atoms with Crippen molar-refractivity contribution in [3.63, 3.8) is 0 Å². The lowest BCUT2D eigenvalue weighted by Gasteiger charge is -2.23. The third kappa shape index (κ3) is 6.03. The molecule has 0 spiro atoms. The fourth-order valence-electron chi connectivity index (χ4n) is 2.65. The summed E-state index contributed by atoms with van der Waals surface area (Å²) in [4.78, 5) is 36.8. The van der Waals surface area contributed by atoms with Crippen molar-refractivity contribution in [1.82, 2.24) is 9.80 Å². The van der Waals surface area contributed by atoms with Crippen LogP contribution in [0.3, 0.4) is 0 Å². The predicted octanol–water partition coefficient (Wildman–Crippen LogP) is 2.28. The van der Waals surface area contributed by atoms with Gasteiger partial charge in [0.1, 0.15) is 6.61 Å². The number of nitriles is 1. The molecule has 1 fully saturated rings. The summed E-state index contributed by atoms with van der Waals surface area (Å²) in [5, 5.41) is 19.4. The number of amides is 2. The van der Waals surface area contributed by atoms with Crippen molar-refractivity contribution in [1.29, 1.82) is 5.26 Å². The zero-order valence-corrected chi connectivity index (χ0v) is 16.9. The highest BCUT2D eigenvalue weighted by molar-refractivity contribution is 8.00. The van der Waals surface area contributed by atoms with E-state index in [2.05, 4.69) is 12.6 Å². The van der Waals surface area contributed by atoms with E-state index >= 15 is 0 Å². The second-order valence-corrected chi connectivity index (χ2v) is 8.00. The Morgan fingerprint density at radius 1 is 1.46 bits per heavy atom. The van der Waals surface area contributed by atoms with Gasteiger partial charge in [0.2, 0.25) is 5.91 Å². The first-order valence-corrected chi connectivity index (χ1v) is 10.1. The average Bonchev–Trinajstić information content (AvgIpc) is 3.06. The van der Waals surface area contributed by atoms with Crippen LogP contribution in [0.4, 0.5) is 10.5 Å². The van der Waals surface area contributed by atoms with Gasteiger partial charge in [-0.05, 0) is 24.1 Å². The van der Waals surface area contributed by atoms with E-state index in [1.165, 1.54) is 30.9 Å². The molecular formula is C17H20N4O5S2. The van der Waals surface area contributed by atoms with Gasteiger partial charge in [-0.25, -0.2) is 4.79 Å². The highest BCUT2D eigenvalue weighted by Gasteiger charge is 2.34. The van der Waals surface area contributed by atoms with E-state index < -0.39 is 11.0 Å². The van der Waals surface area contributed by atoms with Gasteiger partial charge in [0.05, 0.1) is 10.7 Å². The SMILES string of the molecule is CN(C#N)C(=O)CSCC1CC(S)CN1C(=O)OCc1ccc([N+](=O)[O-])cc1. The van der Waals surface area contributed by atoms with Gasteiger partial charge in [-0.2, -0.15) is 17.9 Å². The molecule has 28 heavy (non-hydrogen) atoms. The maximum atomic E-state index is 12.4. The minimum absolute atomic E-state index is 0.00980. The zero-order valence-electron chi connectivity index (χ0n) is 15.2. The van der Waals surface area contributed by atoms with E-state index in [-0.39, 0.29) is 35.2 Å². The number of non-ortho nitro benzene ring substituents is 1. The van der Waals surface area contributed by atoms with Gasteiger partial charge in [-0.3, -0.25) is 19.8 Å². The van der Waals surface area contributed by atoms with Crippen LogP contribution in [0, 0.1) is 21.6 Å². The molecule has 11 heteroatoms. The minimum atomic E-state index is -0.492. The molecule has 0 aliphatic carbocycles. The first-order chi connectivity index (χ1) is 13.3. The molecule has 2 unspecified atom stereocenters. The quantitative estimate of drug-likeness (QED) is 0.235. The van der Waals surface area contributed by atoms with E-state index in [0.29, 0.717) is 24.3 Å². The molecule has 0 N–H and O–H groups in total. The third-order valence-electron chi connectivity index (χ3n) is 4.20. The van der Waals surface area contributed by atoms with Crippen molar-refractivity contribution in [3.8, 4) is 6.19 Å². The van der Waals surface area contributed by atoms with E-state index in [9.17, 15) is 19.7 Å². The lowest BCUT2D eigenvalue weighted by atomic mass is 10.2.